The summed E-state index contributed by atoms with van der Waals surface area (Å²) in [6.45, 7) is 2.25. The number of thioether (sulfide) groups is 1. The second kappa shape index (κ2) is 13.9. The Labute approximate surface area is 163 Å². The predicted octanol–water partition coefficient (Wildman–Crippen LogP) is 6.90. The SMILES string of the molecule is CCCCCCCCCCCC(SC)N(C)C(=O)Nc1ccccc1F. The van der Waals surface area contributed by atoms with Gasteiger partial charge in [0.05, 0.1) is 11.1 Å². The topological polar surface area (TPSA) is 32.3 Å². The molecule has 148 valence electrons. The van der Waals surface area contributed by atoms with E-state index in [2.05, 4.69) is 12.2 Å². The maximum absolute atomic E-state index is 13.7. The van der Waals surface area contributed by atoms with Gasteiger partial charge in [-0.25, -0.2) is 9.18 Å². The molecule has 1 unspecified atom stereocenters. The maximum atomic E-state index is 13.7. The van der Waals surface area contributed by atoms with Crippen LogP contribution in [0.25, 0.3) is 0 Å². The zero-order chi connectivity index (χ0) is 19.2. The first-order chi connectivity index (χ1) is 12.6. The number of unbranched alkanes of at least 4 members (excludes halogenated alkanes) is 8. The number of carbonyl (C=O) groups excluding carboxylic acids is 1. The van der Waals surface area contributed by atoms with Crippen LogP contribution in [-0.2, 0) is 0 Å². The molecule has 0 aliphatic rings. The van der Waals surface area contributed by atoms with Crippen molar-refractivity contribution >= 4 is 23.5 Å². The Balaban J connectivity index is 2.25. The molecule has 0 heterocycles. The van der Waals surface area contributed by atoms with Crippen LogP contribution in [0.15, 0.2) is 24.3 Å². The fraction of sp³-hybridized carbons (Fsp3) is 0.667. The summed E-state index contributed by atoms with van der Waals surface area (Å²) >= 11 is 1.67. The number of nitrogens with one attached hydrogen (secondary N) is 1. The highest BCUT2D eigenvalue weighted by Gasteiger charge is 2.19. The average molecular weight is 383 g/mol. The number of carbonyl (C=O) groups is 1. The van der Waals surface area contributed by atoms with Crippen molar-refractivity contribution in [1.82, 2.24) is 4.90 Å². The number of urea groups is 1. The monoisotopic (exact) mass is 382 g/mol. The van der Waals surface area contributed by atoms with Crippen LogP contribution in [-0.4, -0.2) is 29.6 Å². The number of hydrogen-bond donors (Lipinski definition) is 1. The normalized spacial score (nSPS) is 12.0. The smallest absolute Gasteiger partial charge is 0.316 e. The Morgan fingerprint density at radius 3 is 2.23 bits per heavy atom. The van der Waals surface area contributed by atoms with Crippen molar-refractivity contribution in [2.45, 2.75) is 76.5 Å². The molecular formula is C21H35FN2OS. The zero-order valence-electron chi connectivity index (χ0n) is 16.6. The van der Waals surface area contributed by atoms with Crippen LogP contribution in [0.4, 0.5) is 14.9 Å². The summed E-state index contributed by atoms with van der Waals surface area (Å²) in [5.41, 5.74) is 0.229. The third-order valence-electron chi connectivity index (χ3n) is 4.69. The first-order valence-electron chi connectivity index (χ1n) is 9.91. The molecule has 2 amide bonds. The Bertz CT molecular complexity index is 513. The van der Waals surface area contributed by atoms with Gasteiger partial charge in [-0.15, -0.1) is 11.8 Å². The molecule has 3 nitrogen and oxygen atoms in total. The highest BCUT2D eigenvalue weighted by Crippen LogP contribution is 2.21. The minimum atomic E-state index is -0.408. The van der Waals surface area contributed by atoms with E-state index in [0.717, 1.165) is 12.8 Å². The van der Waals surface area contributed by atoms with Gasteiger partial charge in [0.15, 0.2) is 0 Å². The molecule has 0 aliphatic heterocycles. The van der Waals surface area contributed by atoms with E-state index in [4.69, 9.17) is 0 Å². The van der Waals surface area contributed by atoms with Crippen LogP contribution in [0.3, 0.4) is 0 Å². The van der Waals surface area contributed by atoms with Gasteiger partial charge in [-0.3, -0.25) is 0 Å². The molecule has 0 saturated carbocycles. The molecule has 1 aromatic carbocycles. The fourth-order valence-corrected chi connectivity index (χ4v) is 3.81. The highest BCUT2D eigenvalue weighted by molar-refractivity contribution is 7.99. The second-order valence-electron chi connectivity index (χ2n) is 6.83. The minimum absolute atomic E-state index is 0.117. The van der Waals surface area contributed by atoms with Crippen LogP contribution in [0.2, 0.25) is 0 Å². The molecular weight excluding hydrogens is 347 g/mol. The van der Waals surface area contributed by atoms with E-state index >= 15 is 0 Å². The molecule has 0 bridgehead atoms. The number of benzene rings is 1. The molecule has 1 aromatic rings. The summed E-state index contributed by atoms with van der Waals surface area (Å²) in [5.74, 6) is -0.408. The van der Waals surface area contributed by atoms with Gasteiger partial charge in [0.1, 0.15) is 5.82 Å². The van der Waals surface area contributed by atoms with E-state index < -0.39 is 5.82 Å². The Morgan fingerprint density at radius 2 is 1.65 bits per heavy atom. The lowest BCUT2D eigenvalue weighted by atomic mass is 10.1. The summed E-state index contributed by atoms with van der Waals surface area (Å²) in [7, 11) is 1.78. The summed E-state index contributed by atoms with van der Waals surface area (Å²) in [6.07, 6.45) is 14.7. The van der Waals surface area contributed by atoms with E-state index in [0.29, 0.717) is 0 Å². The molecule has 0 radical (unpaired) electrons. The van der Waals surface area contributed by atoms with Crippen molar-refractivity contribution in [3.8, 4) is 0 Å². The molecule has 0 saturated heterocycles. The summed E-state index contributed by atoms with van der Waals surface area (Å²) < 4.78 is 13.7. The number of hydrogen-bond acceptors (Lipinski definition) is 2. The van der Waals surface area contributed by atoms with Crippen molar-refractivity contribution in [2.75, 3.05) is 18.6 Å². The minimum Gasteiger partial charge on any atom is -0.316 e. The van der Waals surface area contributed by atoms with Crippen molar-refractivity contribution in [3.05, 3.63) is 30.1 Å². The van der Waals surface area contributed by atoms with Gasteiger partial charge in [-0.05, 0) is 24.8 Å². The molecule has 1 N–H and O–H groups in total. The lowest BCUT2D eigenvalue weighted by Gasteiger charge is -2.27. The molecule has 5 heteroatoms. The summed E-state index contributed by atoms with van der Waals surface area (Å²) in [4.78, 5) is 14.0. The van der Waals surface area contributed by atoms with Crippen LogP contribution < -0.4 is 5.32 Å². The average Bonchev–Trinajstić information content (AvgIpc) is 2.64. The van der Waals surface area contributed by atoms with E-state index in [9.17, 15) is 9.18 Å². The molecule has 0 spiro atoms. The number of para-hydroxylation sites is 1. The first-order valence-corrected chi connectivity index (χ1v) is 11.2. The summed E-state index contributed by atoms with van der Waals surface area (Å²) in [6, 6.07) is 6.00. The fourth-order valence-electron chi connectivity index (χ4n) is 3.00. The predicted molar refractivity (Wildman–Crippen MR) is 112 cm³/mol. The van der Waals surface area contributed by atoms with Crippen LogP contribution in [0.1, 0.15) is 71.1 Å². The Kier molecular flexibility index (Phi) is 12.2. The lowest BCUT2D eigenvalue weighted by Crippen LogP contribution is -2.38. The van der Waals surface area contributed by atoms with Gasteiger partial charge in [-0.1, -0.05) is 76.8 Å². The van der Waals surface area contributed by atoms with E-state index in [1.54, 1.807) is 41.9 Å². The molecule has 0 aliphatic carbocycles. The first kappa shape index (κ1) is 22.8. The van der Waals surface area contributed by atoms with Crippen LogP contribution in [0, 0.1) is 5.82 Å². The third kappa shape index (κ3) is 8.93. The van der Waals surface area contributed by atoms with Crippen LogP contribution >= 0.6 is 11.8 Å². The largest absolute Gasteiger partial charge is 0.322 e. The van der Waals surface area contributed by atoms with Crippen LogP contribution in [0.5, 0.6) is 0 Å². The number of halogens is 1. The van der Waals surface area contributed by atoms with E-state index in [-0.39, 0.29) is 17.1 Å². The van der Waals surface area contributed by atoms with E-state index in [1.165, 1.54) is 57.4 Å². The lowest BCUT2D eigenvalue weighted by molar-refractivity contribution is 0.216. The van der Waals surface area contributed by atoms with E-state index in [1.807, 2.05) is 6.26 Å². The molecule has 1 atom stereocenters. The summed E-state index contributed by atoms with van der Waals surface area (Å²) in [5, 5.41) is 2.78. The van der Waals surface area contributed by atoms with Gasteiger partial charge in [0.2, 0.25) is 0 Å². The number of rotatable bonds is 13. The van der Waals surface area contributed by atoms with Crippen molar-refractivity contribution < 1.29 is 9.18 Å². The van der Waals surface area contributed by atoms with Crippen molar-refractivity contribution in [1.29, 1.82) is 0 Å². The quantitative estimate of drug-likeness (QED) is 0.297. The molecule has 0 aromatic heterocycles. The third-order valence-corrected chi connectivity index (χ3v) is 5.79. The standard InChI is InChI=1S/C21H35FN2OS/c1-4-5-6-7-8-9-10-11-12-17-20(26-3)24(2)21(25)23-19-16-14-13-15-18(19)22/h13-16,20H,4-12,17H2,1-3H3,(H,23,25). The second-order valence-corrected chi connectivity index (χ2v) is 7.84. The molecule has 26 heavy (non-hydrogen) atoms. The molecule has 1 rings (SSSR count). The van der Waals surface area contributed by atoms with Gasteiger partial charge >= 0.3 is 6.03 Å². The van der Waals surface area contributed by atoms with Gasteiger partial charge in [-0.2, -0.15) is 0 Å². The van der Waals surface area contributed by atoms with Crippen molar-refractivity contribution in [3.63, 3.8) is 0 Å². The highest BCUT2D eigenvalue weighted by atomic mass is 32.2. The number of anilines is 1. The number of nitrogens with zero attached hydrogens (tertiary/aromatic N) is 1. The van der Waals surface area contributed by atoms with Gasteiger partial charge in [0.25, 0.3) is 0 Å². The van der Waals surface area contributed by atoms with Gasteiger partial charge in [0, 0.05) is 7.05 Å². The number of amides is 2. The Hall–Kier alpha value is -1.23. The zero-order valence-corrected chi connectivity index (χ0v) is 17.4. The maximum Gasteiger partial charge on any atom is 0.322 e. The molecule has 0 fully saturated rings. The van der Waals surface area contributed by atoms with Crippen molar-refractivity contribution in [2.24, 2.45) is 0 Å². The Morgan fingerprint density at radius 1 is 1.08 bits per heavy atom. The van der Waals surface area contributed by atoms with Gasteiger partial charge < -0.3 is 10.2 Å².